The summed E-state index contributed by atoms with van der Waals surface area (Å²) in [5.74, 6) is 1.05. The molecule has 0 amide bonds. The van der Waals surface area contributed by atoms with Crippen LogP contribution in [0.4, 0.5) is 0 Å². The molecule has 1 aromatic carbocycles. The van der Waals surface area contributed by atoms with Crippen molar-refractivity contribution in [1.29, 1.82) is 0 Å². The summed E-state index contributed by atoms with van der Waals surface area (Å²) in [5, 5.41) is 0. The average molecular weight is 232 g/mol. The summed E-state index contributed by atoms with van der Waals surface area (Å²) >= 11 is 4.44. The van der Waals surface area contributed by atoms with E-state index in [1.807, 2.05) is 0 Å². The van der Waals surface area contributed by atoms with Crippen LogP contribution in [0.2, 0.25) is 0 Å². The summed E-state index contributed by atoms with van der Waals surface area (Å²) in [6, 6.07) is 4.51. The zero-order valence-corrected chi connectivity index (χ0v) is 8.77. The molecule has 0 fully saturated rings. The van der Waals surface area contributed by atoms with Gasteiger partial charge in [0.15, 0.2) is 20.3 Å². The summed E-state index contributed by atoms with van der Waals surface area (Å²) in [5.41, 5.74) is 0. The highest BCUT2D eigenvalue weighted by molar-refractivity contribution is 8.29. The van der Waals surface area contributed by atoms with Gasteiger partial charge in [-0.25, -0.2) is 4.21 Å². The van der Waals surface area contributed by atoms with Gasteiger partial charge >= 0.3 is 0 Å². The second kappa shape index (κ2) is 3.38. The second-order valence-electron chi connectivity index (χ2n) is 2.78. The van der Waals surface area contributed by atoms with Gasteiger partial charge in [0.1, 0.15) is 13.2 Å². The van der Waals surface area contributed by atoms with Crippen LogP contribution in [0.5, 0.6) is 11.5 Å². The van der Waals surface area contributed by atoms with Crippen LogP contribution in [-0.4, -0.2) is 22.0 Å². The van der Waals surface area contributed by atoms with Crippen LogP contribution >= 0.6 is 0 Å². The Morgan fingerprint density at radius 3 is 2.57 bits per heavy atom. The van der Waals surface area contributed by atoms with E-state index in [-0.39, 0.29) is 4.90 Å². The molecule has 0 radical (unpaired) electrons. The highest BCUT2D eigenvalue weighted by Crippen LogP contribution is 2.32. The van der Waals surface area contributed by atoms with E-state index in [2.05, 4.69) is 11.2 Å². The van der Waals surface area contributed by atoms with Gasteiger partial charge in [0.2, 0.25) is 0 Å². The molecule has 0 saturated heterocycles. The predicted molar refractivity (Wildman–Crippen MR) is 53.8 cm³/mol. The lowest BCUT2D eigenvalue weighted by atomic mass is 10.3. The van der Waals surface area contributed by atoms with Crippen LogP contribution in [-0.2, 0) is 20.0 Å². The van der Waals surface area contributed by atoms with E-state index < -0.39 is 8.77 Å². The third-order valence-electron chi connectivity index (χ3n) is 1.81. The summed E-state index contributed by atoms with van der Waals surface area (Å²) in [6.07, 6.45) is 0. The third-order valence-corrected chi connectivity index (χ3v) is 3.24. The first-order chi connectivity index (χ1) is 6.57. The fraction of sp³-hybridized carbons (Fsp3) is 0.250. The lowest BCUT2D eigenvalue weighted by Gasteiger charge is -2.18. The fourth-order valence-corrected chi connectivity index (χ4v) is 1.99. The molecule has 2 rings (SSSR count). The number of ether oxygens (including phenoxy) is 2. The van der Waals surface area contributed by atoms with Crippen molar-refractivity contribution < 1.29 is 18.2 Å². The summed E-state index contributed by atoms with van der Waals surface area (Å²) in [4.78, 5) is 0.178. The normalized spacial score (nSPS) is 18.6. The molecule has 0 saturated carbocycles. The van der Waals surface area contributed by atoms with Crippen LogP contribution in [0.1, 0.15) is 0 Å². The highest BCUT2D eigenvalue weighted by Gasteiger charge is 2.14. The lowest BCUT2D eigenvalue weighted by molar-refractivity contribution is 0.171. The molecule has 1 heterocycles. The Hall–Kier alpha value is -0.850. The van der Waals surface area contributed by atoms with E-state index in [0.717, 1.165) is 0 Å². The van der Waals surface area contributed by atoms with Gasteiger partial charge in [0, 0.05) is 17.3 Å². The minimum absolute atomic E-state index is 0.178. The van der Waals surface area contributed by atoms with Gasteiger partial charge in [-0.1, -0.05) is 0 Å². The molecule has 1 aliphatic rings. The number of hydrogen-bond acceptors (Lipinski definition) is 4. The van der Waals surface area contributed by atoms with Crippen molar-refractivity contribution in [3.63, 3.8) is 0 Å². The Bertz CT molecular complexity index is 452. The predicted octanol–water partition coefficient (Wildman–Crippen LogP) is 1.04. The molecule has 76 valence electrons. The molecule has 0 spiro atoms. The lowest BCUT2D eigenvalue weighted by Crippen LogP contribution is -2.15. The van der Waals surface area contributed by atoms with Crippen LogP contribution in [0.25, 0.3) is 0 Å². The van der Waals surface area contributed by atoms with E-state index in [1.54, 1.807) is 6.07 Å². The Morgan fingerprint density at radius 2 is 1.93 bits per heavy atom. The number of benzene rings is 1. The SMILES string of the molecule is O=S(O)(=S)c1ccc2c(c1)OCCO2. The quantitative estimate of drug-likeness (QED) is 0.784. The molecule has 4 nitrogen and oxygen atoms in total. The summed E-state index contributed by atoms with van der Waals surface area (Å²) < 4.78 is 30.8. The standard InChI is InChI=1S/C8H8O4S2/c9-14(10,13)6-1-2-7-8(5-6)12-4-3-11-7/h1-2,5H,3-4H2,(H,9,10,13). The van der Waals surface area contributed by atoms with Crippen molar-refractivity contribution in [3.05, 3.63) is 18.2 Å². The van der Waals surface area contributed by atoms with E-state index in [0.29, 0.717) is 24.7 Å². The Labute approximate surface area is 86.3 Å². The molecule has 1 unspecified atom stereocenters. The zero-order valence-electron chi connectivity index (χ0n) is 7.13. The molecule has 0 bridgehead atoms. The molecular weight excluding hydrogens is 224 g/mol. The van der Waals surface area contributed by atoms with Crippen molar-refractivity contribution in [2.75, 3.05) is 13.2 Å². The largest absolute Gasteiger partial charge is 0.486 e. The molecular formula is C8H8O4S2. The third kappa shape index (κ3) is 1.82. The minimum Gasteiger partial charge on any atom is -0.486 e. The van der Waals surface area contributed by atoms with Crippen molar-refractivity contribution >= 4 is 20.0 Å². The second-order valence-corrected chi connectivity index (χ2v) is 5.56. The Kier molecular flexibility index (Phi) is 2.34. The highest BCUT2D eigenvalue weighted by atomic mass is 32.8. The van der Waals surface area contributed by atoms with Crippen LogP contribution < -0.4 is 9.47 Å². The molecule has 14 heavy (non-hydrogen) atoms. The van der Waals surface area contributed by atoms with Crippen LogP contribution in [0.3, 0.4) is 0 Å². The van der Waals surface area contributed by atoms with Crippen LogP contribution in [0, 0.1) is 0 Å². The van der Waals surface area contributed by atoms with E-state index in [4.69, 9.17) is 14.0 Å². The fourth-order valence-electron chi connectivity index (χ4n) is 1.18. The van der Waals surface area contributed by atoms with Gasteiger partial charge in [0.05, 0.1) is 4.90 Å². The van der Waals surface area contributed by atoms with Gasteiger partial charge in [0.25, 0.3) is 0 Å². The number of hydrogen-bond donors (Lipinski definition) is 1. The van der Waals surface area contributed by atoms with Gasteiger partial charge in [-0.3, -0.25) is 0 Å². The summed E-state index contributed by atoms with van der Waals surface area (Å²) in [6.45, 7) is 0.940. The smallest absolute Gasteiger partial charge is 0.171 e. The maximum absolute atomic E-state index is 11.1. The van der Waals surface area contributed by atoms with Gasteiger partial charge in [-0.05, 0) is 12.1 Å². The average Bonchev–Trinajstić information content (AvgIpc) is 2.16. The molecule has 1 atom stereocenters. The maximum atomic E-state index is 11.1. The monoisotopic (exact) mass is 232 g/mol. The van der Waals surface area contributed by atoms with E-state index >= 15 is 0 Å². The zero-order chi connectivity index (χ0) is 10.2. The first-order valence-corrected chi connectivity index (χ1v) is 6.38. The first kappa shape index (κ1) is 9.70. The maximum Gasteiger partial charge on any atom is 0.171 e. The first-order valence-electron chi connectivity index (χ1n) is 3.94. The Balaban J connectivity index is 2.49. The van der Waals surface area contributed by atoms with E-state index in [1.165, 1.54) is 12.1 Å². The topological polar surface area (TPSA) is 55.8 Å². The molecule has 1 N–H and O–H groups in total. The van der Waals surface area contributed by atoms with Crippen molar-refractivity contribution in [2.24, 2.45) is 0 Å². The molecule has 1 aliphatic heterocycles. The summed E-state index contributed by atoms with van der Waals surface area (Å²) in [7, 11) is -3.34. The Morgan fingerprint density at radius 1 is 1.29 bits per heavy atom. The van der Waals surface area contributed by atoms with E-state index in [9.17, 15) is 4.21 Å². The molecule has 6 heteroatoms. The minimum atomic E-state index is -3.34. The number of rotatable bonds is 1. The molecule has 0 aliphatic carbocycles. The van der Waals surface area contributed by atoms with Crippen LogP contribution in [0.15, 0.2) is 23.1 Å². The molecule has 0 aromatic heterocycles. The number of fused-ring (bicyclic) bond motifs is 1. The van der Waals surface area contributed by atoms with Crippen molar-refractivity contribution in [3.8, 4) is 11.5 Å². The van der Waals surface area contributed by atoms with Crippen molar-refractivity contribution in [2.45, 2.75) is 4.90 Å². The molecule has 1 aromatic rings. The van der Waals surface area contributed by atoms with Crippen molar-refractivity contribution in [1.82, 2.24) is 0 Å². The van der Waals surface area contributed by atoms with Gasteiger partial charge in [-0.15, -0.1) is 0 Å². The van der Waals surface area contributed by atoms with Gasteiger partial charge in [-0.2, -0.15) is 0 Å². The van der Waals surface area contributed by atoms with Gasteiger partial charge < -0.3 is 14.0 Å².